The largest absolute Gasteiger partial charge is 0.481 e. The summed E-state index contributed by atoms with van der Waals surface area (Å²) in [6.45, 7) is 2.42. The van der Waals surface area contributed by atoms with Gasteiger partial charge in [-0.15, -0.1) is 11.3 Å². The fourth-order valence-corrected chi connectivity index (χ4v) is 8.44. The molecule has 1 saturated heterocycles. The van der Waals surface area contributed by atoms with Crippen molar-refractivity contribution in [1.82, 2.24) is 20.2 Å². The van der Waals surface area contributed by atoms with Gasteiger partial charge in [-0.2, -0.15) is 0 Å². The van der Waals surface area contributed by atoms with E-state index in [1.807, 2.05) is 36.7 Å². The van der Waals surface area contributed by atoms with Crippen LogP contribution in [0.15, 0.2) is 77.3 Å². The Morgan fingerprint density at radius 3 is 2.10 bits per heavy atom. The predicted molar refractivity (Wildman–Crippen MR) is 188 cm³/mol. The van der Waals surface area contributed by atoms with E-state index in [0.29, 0.717) is 11.7 Å². The van der Waals surface area contributed by atoms with Crippen molar-refractivity contribution < 1.29 is 27.9 Å². The molecule has 0 bridgehead atoms. The summed E-state index contributed by atoms with van der Waals surface area (Å²) in [6, 6.07) is 18.0. The molecule has 12 heteroatoms. The van der Waals surface area contributed by atoms with Crippen LogP contribution in [0.4, 0.5) is 0 Å². The van der Waals surface area contributed by atoms with Gasteiger partial charge in [-0.25, -0.2) is 18.4 Å². The lowest BCUT2D eigenvalue weighted by Gasteiger charge is -2.38. The number of carboxylic acids is 1. The van der Waals surface area contributed by atoms with Crippen LogP contribution in [-0.4, -0.2) is 71.6 Å². The normalized spacial score (nSPS) is 18.8. The Morgan fingerprint density at radius 2 is 1.53 bits per heavy atom. The average Bonchev–Trinajstić information content (AvgIpc) is 3.60. The quantitative estimate of drug-likeness (QED) is 0.198. The van der Waals surface area contributed by atoms with Gasteiger partial charge in [0.2, 0.25) is 5.91 Å². The molecule has 2 aliphatic rings. The number of carboxylic acid groups (broad SMARTS) is 1. The van der Waals surface area contributed by atoms with E-state index in [4.69, 9.17) is 0 Å². The zero-order chi connectivity index (χ0) is 34.7. The van der Waals surface area contributed by atoms with E-state index in [2.05, 4.69) is 46.5 Å². The number of aliphatic carboxylic acids is 1. The number of thiophene rings is 1. The monoisotopic (exact) mass is 700 g/mol. The topological polar surface area (TPSA) is 147 Å². The Hall–Kier alpha value is -4.42. The van der Waals surface area contributed by atoms with Crippen molar-refractivity contribution in [2.24, 2.45) is 11.8 Å². The first-order valence-corrected chi connectivity index (χ1v) is 19.3. The molecule has 1 aliphatic heterocycles. The van der Waals surface area contributed by atoms with Crippen molar-refractivity contribution in [2.45, 2.75) is 61.6 Å². The molecule has 6 rings (SSSR count). The summed E-state index contributed by atoms with van der Waals surface area (Å²) < 4.78 is 23.9. The number of sulfone groups is 1. The third-order valence-corrected chi connectivity index (χ3v) is 12.7. The van der Waals surface area contributed by atoms with E-state index in [1.165, 1.54) is 54.7 Å². The highest BCUT2D eigenvalue weighted by Gasteiger charge is 2.39. The second kappa shape index (κ2) is 14.6. The number of aromatic nitrogens is 2. The molecule has 1 atom stereocenters. The van der Waals surface area contributed by atoms with Crippen molar-refractivity contribution in [3.05, 3.63) is 89.1 Å². The summed E-state index contributed by atoms with van der Waals surface area (Å²) >= 11 is 0.830. The summed E-state index contributed by atoms with van der Waals surface area (Å²) in [7, 11) is -3.49. The van der Waals surface area contributed by atoms with Crippen molar-refractivity contribution in [1.29, 1.82) is 0 Å². The molecule has 2 aromatic carbocycles. The van der Waals surface area contributed by atoms with E-state index in [0.717, 1.165) is 45.8 Å². The number of nitrogens with zero attached hydrogens (tertiary/aromatic N) is 3. The first kappa shape index (κ1) is 34.4. The number of carbonyl (C=O) groups is 3. The summed E-state index contributed by atoms with van der Waals surface area (Å²) in [4.78, 5) is 48.6. The number of nitrogens with one attached hydrogen (secondary N) is 1. The molecule has 0 unspecified atom stereocenters. The molecule has 256 valence electrons. The number of benzene rings is 2. The minimum atomic E-state index is -3.49. The van der Waals surface area contributed by atoms with Gasteiger partial charge in [0.1, 0.15) is 10.3 Å². The zero-order valence-corrected chi connectivity index (χ0v) is 29.2. The Labute approximate surface area is 290 Å². The standard InChI is InChI=1S/C37H40N4O6S2/c1-3-23-4-8-25(9-5-23)26-12-14-27(15-13-26)29-19-38-34(39-20-29)28-10-6-24(7-11-28)18-31(36(43)41-21-30(22-41)37(44)45)40-35(42)32-16-17-33(48-32)49(2,46)47/h6-7,10-17,19-20,23,25,30-31H,3-5,8-9,18,21-22H2,1-2H3,(H,40,42)(H,44,45)/t23?,25?,31-/m0/s1. The van der Waals surface area contributed by atoms with E-state index < -0.39 is 39.6 Å². The lowest BCUT2D eigenvalue weighted by molar-refractivity contribution is -0.153. The number of rotatable bonds is 11. The molecule has 2 fully saturated rings. The van der Waals surface area contributed by atoms with Gasteiger partial charge in [0.05, 0.1) is 10.8 Å². The Kier molecular flexibility index (Phi) is 10.3. The fraction of sp³-hybridized carbons (Fsp3) is 0.378. The molecule has 1 saturated carbocycles. The molecule has 4 aromatic rings. The van der Waals surface area contributed by atoms with Crippen LogP contribution in [0.3, 0.4) is 0 Å². The van der Waals surface area contributed by atoms with Gasteiger partial charge < -0.3 is 15.3 Å². The molecule has 2 N–H and O–H groups in total. The highest BCUT2D eigenvalue weighted by Crippen LogP contribution is 2.37. The first-order chi connectivity index (χ1) is 23.5. The number of amides is 2. The smallest absolute Gasteiger partial charge is 0.310 e. The highest BCUT2D eigenvalue weighted by molar-refractivity contribution is 7.92. The second-order valence-corrected chi connectivity index (χ2v) is 16.5. The minimum absolute atomic E-state index is 0.0519. The molecule has 49 heavy (non-hydrogen) atoms. The Morgan fingerprint density at radius 1 is 0.898 bits per heavy atom. The summed E-state index contributed by atoms with van der Waals surface area (Å²) in [5.41, 5.74) is 4.96. The van der Waals surface area contributed by atoms with Gasteiger partial charge in [0.25, 0.3) is 5.91 Å². The van der Waals surface area contributed by atoms with Gasteiger partial charge in [0.15, 0.2) is 15.7 Å². The van der Waals surface area contributed by atoms with Crippen LogP contribution in [0.1, 0.15) is 65.7 Å². The van der Waals surface area contributed by atoms with E-state index in [-0.39, 0.29) is 28.6 Å². The highest BCUT2D eigenvalue weighted by atomic mass is 32.2. The third kappa shape index (κ3) is 8.08. The minimum Gasteiger partial charge on any atom is -0.481 e. The fourth-order valence-electron chi connectivity index (χ4n) is 6.61. The maximum Gasteiger partial charge on any atom is 0.310 e. The van der Waals surface area contributed by atoms with Gasteiger partial charge in [-0.3, -0.25) is 14.4 Å². The second-order valence-electron chi connectivity index (χ2n) is 13.1. The van der Waals surface area contributed by atoms with Gasteiger partial charge >= 0.3 is 5.97 Å². The Bertz CT molecular complexity index is 1910. The van der Waals surface area contributed by atoms with Gasteiger partial charge in [-0.1, -0.05) is 61.9 Å². The van der Waals surface area contributed by atoms with Crippen LogP contribution in [0.25, 0.3) is 22.5 Å². The summed E-state index contributed by atoms with van der Waals surface area (Å²) in [5.74, 6) is -0.522. The van der Waals surface area contributed by atoms with Crippen LogP contribution in [0.2, 0.25) is 0 Å². The van der Waals surface area contributed by atoms with Crippen LogP contribution >= 0.6 is 11.3 Å². The molecule has 2 amide bonds. The molecule has 1 aliphatic carbocycles. The van der Waals surface area contributed by atoms with Crippen molar-refractivity contribution in [3.8, 4) is 22.5 Å². The Balaban J connectivity index is 1.12. The molecular formula is C37H40N4O6S2. The van der Waals surface area contributed by atoms with Crippen molar-refractivity contribution in [2.75, 3.05) is 19.3 Å². The number of hydrogen-bond donors (Lipinski definition) is 2. The lowest BCUT2D eigenvalue weighted by atomic mass is 9.78. The summed E-state index contributed by atoms with van der Waals surface area (Å²) in [6.07, 6.45) is 11.3. The maximum atomic E-state index is 13.4. The third-order valence-electron chi connectivity index (χ3n) is 9.76. The van der Waals surface area contributed by atoms with Crippen LogP contribution in [0.5, 0.6) is 0 Å². The molecule has 2 aromatic heterocycles. The van der Waals surface area contributed by atoms with Crippen LogP contribution in [0, 0.1) is 11.8 Å². The van der Waals surface area contributed by atoms with Crippen molar-refractivity contribution in [3.63, 3.8) is 0 Å². The van der Waals surface area contributed by atoms with E-state index in [1.54, 1.807) is 0 Å². The maximum absolute atomic E-state index is 13.4. The van der Waals surface area contributed by atoms with Gasteiger partial charge in [-0.05, 0) is 66.3 Å². The van der Waals surface area contributed by atoms with E-state index in [9.17, 15) is 27.9 Å². The van der Waals surface area contributed by atoms with Gasteiger partial charge in [0, 0.05) is 49.3 Å². The average molecular weight is 701 g/mol. The number of carbonyl (C=O) groups excluding carboxylic acids is 2. The summed E-state index contributed by atoms with van der Waals surface area (Å²) in [5, 5.41) is 12.0. The molecule has 3 heterocycles. The molecular weight excluding hydrogens is 661 g/mol. The lowest BCUT2D eigenvalue weighted by Crippen LogP contribution is -2.59. The molecule has 0 spiro atoms. The number of hydrogen-bond acceptors (Lipinski definition) is 8. The van der Waals surface area contributed by atoms with Crippen LogP contribution in [-0.2, 0) is 25.8 Å². The van der Waals surface area contributed by atoms with Crippen LogP contribution < -0.4 is 5.32 Å². The first-order valence-electron chi connectivity index (χ1n) is 16.6. The molecule has 10 nitrogen and oxygen atoms in total. The zero-order valence-electron chi connectivity index (χ0n) is 27.5. The van der Waals surface area contributed by atoms with E-state index >= 15 is 0 Å². The predicted octanol–water partition coefficient (Wildman–Crippen LogP) is 5.84. The van der Waals surface area contributed by atoms with Crippen molar-refractivity contribution >= 4 is 39.0 Å². The number of likely N-dealkylation sites (tertiary alicyclic amines) is 1. The molecule has 0 radical (unpaired) electrons. The SMILES string of the molecule is CCC1CCC(c2ccc(-c3cnc(-c4ccc(C[C@H](NC(=O)c5ccc(S(C)(=O)=O)s5)C(=O)N5CC(C(=O)O)C5)cc4)nc3)cc2)CC1.